The number of aryl methyl sites for hydroxylation is 1. The van der Waals surface area contributed by atoms with Crippen LogP contribution in [-0.2, 0) is 9.59 Å². The van der Waals surface area contributed by atoms with E-state index in [9.17, 15) is 14.4 Å². The molecule has 142 valence electrons. The molecule has 1 saturated carbocycles. The number of aliphatic carboxylic acids is 1. The van der Waals surface area contributed by atoms with Gasteiger partial charge in [0.15, 0.2) is 0 Å². The Morgan fingerprint density at radius 2 is 1.81 bits per heavy atom. The molecule has 1 aromatic rings. The summed E-state index contributed by atoms with van der Waals surface area (Å²) in [6.07, 6.45) is 4.43. The molecule has 26 heavy (non-hydrogen) atoms. The summed E-state index contributed by atoms with van der Waals surface area (Å²) in [6, 6.07) is 5.46. The van der Waals surface area contributed by atoms with Gasteiger partial charge in [-0.15, -0.1) is 0 Å². The van der Waals surface area contributed by atoms with E-state index in [4.69, 9.17) is 5.11 Å². The van der Waals surface area contributed by atoms with Gasteiger partial charge in [0.2, 0.25) is 5.91 Å². The van der Waals surface area contributed by atoms with Gasteiger partial charge in [-0.25, -0.2) is 0 Å². The van der Waals surface area contributed by atoms with Gasteiger partial charge >= 0.3 is 5.97 Å². The van der Waals surface area contributed by atoms with Crippen molar-refractivity contribution in [2.24, 2.45) is 5.41 Å². The number of amides is 2. The van der Waals surface area contributed by atoms with Crippen LogP contribution in [0, 0.1) is 12.3 Å². The lowest BCUT2D eigenvalue weighted by Crippen LogP contribution is -2.32. The number of carbonyl (C=O) groups is 3. The third kappa shape index (κ3) is 5.86. The van der Waals surface area contributed by atoms with E-state index in [1.807, 2.05) is 6.92 Å². The van der Waals surface area contributed by atoms with Gasteiger partial charge in [0.05, 0.1) is 6.42 Å². The Bertz CT molecular complexity index is 691. The molecular weight excluding hydrogens is 332 g/mol. The molecule has 0 spiro atoms. The molecule has 2 amide bonds. The van der Waals surface area contributed by atoms with E-state index in [2.05, 4.69) is 10.6 Å². The molecule has 2 rings (SSSR count). The van der Waals surface area contributed by atoms with E-state index in [0.717, 1.165) is 31.2 Å². The van der Waals surface area contributed by atoms with Crippen molar-refractivity contribution >= 4 is 23.5 Å². The van der Waals surface area contributed by atoms with Crippen LogP contribution in [0.1, 0.15) is 68.3 Å². The molecule has 0 heterocycles. The molecular formula is C20H28N2O4. The van der Waals surface area contributed by atoms with Gasteiger partial charge in [-0.05, 0) is 48.9 Å². The van der Waals surface area contributed by atoms with Crippen molar-refractivity contribution in [1.29, 1.82) is 0 Å². The lowest BCUT2D eigenvalue weighted by atomic mass is 9.85. The summed E-state index contributed by atoms with van der Waals surface area (Å²) in [5.74, 6) is -1.24. The third-order valence-corrected chi connectivity index (χ3v) is 4.72. The van der Waals surface area contributed by atoms with Gasteiger partial charge in [-0.3, -0.25) is 14.4 Å². The molecule has 0 aliphatic heterocycles. The lowest BCUT2D eigenvalue weighted by Gasteiger charge is -2.22. The molecule has 6 nitrogen and oxygen atoms in total. The van der Waals surface area contributed by atoms with Gasteiger partial charge in [0.1, 0.15) is 0 Å². The number of carbonyl (C=O) groups excluding carboxylic acids is 2. The predicted octanol–water partition coefficient (Wildman–Crippen LogP) is 3.50. The second-order valence-corrected chi connectivity index (χ2v) is 7.94. The topological polar surface area (TPSA) is 95.5 Å². The molecule has 3 N–H and O–H groups in total. The molecule has 1 aliphatic carbocycles. The Labute approximate surface area is 154 Å². The minimum absolute atomic E-state index is 0.0698. The Balaban J connectivity index is 1.97. The molecule has 0 bridgehead atoms. The quantitative estimate of drug-likeness (QED) is 0.693. The molecule has 1 fully saturated rings. The summed E-state index contributed by atoms with van der Waals surface area (Å²) in [7, 11) is 0. The van der Waals surface area contributed by atoms with Crippen LogP contribution in [0.2, 0.25) is 0 Å². The number of carboxylic acid groups (broad SMARTS) is 1. The number of carboxylic acids is 1. The zero-order valence-corrected chi connectivity index (χ0v) is 15.7. The number of hydrogen-bond acceptors (Lipinski definition) is 3. The summed E-state index contributed by atoms with van der Waals surface area (Å²) in [6.45, 7) is 5.35. The molecule has 0 atom stereocenters. The molecule has 0 saturated heterocycles. The van der Waals surface area contributed by atoms with Crippen LogP contribution in [0.5, 0.6) is 0 Å². The zero-order valence-electron chi connectivity index (χ0n) is 15.7. The number of benzene rings is 1. The van der Waals surface area contributed by atoms with Crippen molar-refractivity contribution in [2.75, 3.05) is 5.32 Å². The van der Waals surface area contributed by atoms with Gasteiger partial charge < -0.3 is 15.7 Å². The summed E-state index contributed by atoms with van der Waals surface area (Å²) in [5, 5.41) is 14.8. The number of nitrogens with one attached hydrogen (secondary N) is 2. The summed E-state index contributed by atoms with van der Waals surface area (Å²) in [5.41, 5.74) is 1.40. The van der Waals surface area contributed by atoms with Crippen molar-refractivity contribution < 1.29 is 19.5 Å². The maximum absolute atomic E-state index is 12.3. The van der Waals surface area contributed by atoms with E-state index in [0.29, 0.717) is 11.3 Å². The highest BCUT2D eigenvalue weighted by molar-refractivity contribution is 5.96. The predicted molar refractivity (Wildman–Crippen MR) is 100 cm³/mol. The number of hydrogen-bond donors (Lipinski definition) is 3. The molecule has 1 aromatic carbocycles. The van der Waals surface area contributed by atoms with Gasteiger partial charge in [-0.2, -0.15) is 0 Å². The average molecular weight is 360 g/mol. The zero-order chi connectivity index (χ0) is 19.3. The van der Waals surface area contributed by atoms with Crippen molar-refractivity contribution in [3.8, 4) is 0 Å². The monoisotopic (exact) mass is 360 g/mol. The summed E-state index contributed by atoms with van der Waals surface area (Å²) < 4.78 is 0. The number of rotatable bonds is 7. The van der Waals surface area contributed by atoms with Crippen molar-refractivity contribution in [2.45, 2.75) is 65.3 Å². The fourth-order valence-electron chi connectivity index (χ4n) is 3.38. The SMILES string of the molecule is Cc1cc(C(=O)NC2CCCC2)ccc1NC(=O)CC(C)(C)CC(=O)O. The third-order valence-electron chi connectivity index (χ3n) is 4.72. The highest BCUT2D eigenvalue weighted by atomic mass is 16.4. The van der Waals surface area contributed by atoms with E-state index in [1.54, 1.807) is 32.0 Å². The van der Waals surface area contributed by atoms with Crippen LogP contribution >= 0.6 is 0 Å². The van der Waals surface area contributed by atoms with Crippen molar-refractivity contribution in [3.05, 3.63) is 29.3 Å². The highest BCUT2D eigenvalue weighted by Gasteiger charge is 2.25. The largest absolute Gasteiger partial charge is 0.481 e. The van der Waals surface area contributed by atoms with E-state index in [1.165, 1.54) is 0 Å². The maximum Gasteiger partial charge on any atom is 0.303 e. The van der Waals surface area contributed by atoms with Crippen LogP contribution in [0.3, 0.4) is 0 Å². The second-order valence-electron chi connectivity index (χ2n) is 7.94. The first-order chi connectivity index (χ1) is 12.2. The Morgan fingerprint density at radius 3 is 2.38 bits per heavy atom. The second kappa shape index (κ2) is 8.34. The first kappa shape index (κ1) is 19.9. The first-order valence-electron chi connectivity index (χ1n) is 9.09. The van der Waals surface area contributed by atoms with E-state index < -0.39 is 11.4 Å². The minimum Gasteiger partial charge on any atom is -0.481 e. The smallest absolute Gasteiger partial charge is 0.303 e. The normalized spacial score (nSPS) is 14.9. The number of anilines is 1. The van der Waals surface area contributed by atoms with Crippen LogP contribution in [0.4, 0.5) is 5.69 Å². The minimum atomic E-state index is -0.920. The highest BCUT2D eigenvalue weighted by Crippen LogP contribution is 2.26. The Hall–Kier alpha value is -2.37. The fourth-order valence-corrected chi connectivity index (χ4v) is 3.38. The molecule has 0 aromatic heterocycles. The lowest BCUT2D eigenvalue weighted by molar-refractivity contribution is -0.139. The molecule has 6 heteroatoms. The van der Waals surface area contributed by atoms with E-state index in [-0.39, 0.29) is 30.7 Å². The van der Waals surface area contributed by atoms with Gasteiger partial charge in [-0.1, -0.05) is 26.7 Å². The first-order valence-corrected chi connectivity index (χ1v) is 9.09. The van der Waals surface area contributed by atoms with Crippen molar-refractivity contribution in [3.63, 3.8) is 0 Å². The summed E-state index contributed by atoms with van der Waals surface area (Å²) >= 11 is 0. The average Bonchev–Trinajstić information content (AvgIpc) is 3.00. The Kier molecular flexibility index (Phi) is 6.40. The fraction of sp³-hybridized carbons (Fsp3) is 0.550. The van der Waals surface area contributed by atoms with Crippen LogP contribution in [-0.4, -0.2) is 28.9 Å². The van der Waals surface area contributed by atoms with Gasteiger partial charge in [0, 0.05) is 23.7 Å². The van der Waals surface area contributed by atoms with Gasteiger partial charge in [0.25, 0.3) is 5.91 Å². The Morgan fingerprint density at radius 1 is 1.15 bits per heavy atom. The molecule has 0 radical (unpaired) electrons. The maximum atomic E-state index is 12.3. The van der Waals surface area contributed by atoms with E-state index >= 15 is 0 Å². The standard InChI is InChI=1S/C20H28N2O4/c1-13-10-14(19(26)21-15-6-4-5-7-15)8-9-16(13)22-17(23)11-20(2,3)12-18(24)25/h8-10,15H,4-7,11-12H2,1-3H3,(H,21,26)(H,22,23)(H,24,25). The van der Waals surface area contributed by atoms with Crippen LogP contribution in [0.25, 0.3) is 0 Å². The van der Waals surface area contributed by atoms with Crippen molar-refractivity contribution in [1.82, 2.24) is 5.32 Å². The van der Waals surface area contributed by atoms with Crippen LogP contribution < -0.4 is 10.6 Å². The summed E-state index contributed by atoms with van der Waals surface area (Å²) in [4.78, 5) is 35.4. The molecule has 0 unspecified atom stereocenters. The molecule has 1 aliphatic rings. The van der Waals surface area contributed by atoms with Crippen LogP contribution in [0.15, 0.2) is 18.2 Å².